The summed E-state index contributed by atoms with van der Waals surface area (Å²) < 4.78 is 33.6. The first-order valence-corrected chi connectivity index (χ1v) is 9.59. The zero-order chi connectivity index (χ0) is 18.0. The maximum atomic E-state index is 12.9. The van der Waals surface area contributed by atoms with Crippen LogP contribution in [0.3, 0.4) is 0 Å². The summed E-state index contributed by atoms with van der Waals surface area (Å²) in [6, 6.07) is 9.45. The number of hydrogen-bond donors (Lipinski definition) is 1. The maximum absolute atomic E-state index is 12.9. The van der Waals surface area contributed by atoms with Gasteiger partial charge in [-0.1, -0.05) is 6.07 Å². The Bertz CT molecular complexity index is 1060. The molecule has 25 heavy (non-hydrogen) atoms. The normalized spacial score (nSPS) is 11.3. The number of para-hydroxylation sites is 1. The number of fused-ring (bicyclic) bond motifs is 1. The average Bonchev–Trinajstić information content (AvgIpc) is 2.60. The lowest BCUT2D eigenvalue weighted by atomic mass is 10.2. The Morgan fingerprint density at radius 1 is 1.16 bits per heavy atom. The molecule has 0 saturated carbocycles. The number of rotatable bonds is 4. The van der Waals surface area contributed by atoms with Crippen molar-refractivity contribution in [1.82, 2.24) is 9.97 Å². The van der Waals surface area contributed by atoms with E-state index in [2.05, 4.69) is 14.7 Å². The van der Waals surface area contributed by atoms with Crippen molar-refractivity contribution in [2.45, 2.75) is 4.90 Å². The number of nitrogens with zero attached hydrogens (tertiary/aromatic N) is 2. The van der Waals surface area contributed by atoms with Gasteiger partial charge < -0.3 is 4.74 Å². The van der Waals surface area contributed by atoms with Crippen LogP contribution in [0.2, 0.25) is 0 Å². The first kappa shape index (κ1) is 17.5. The first-order chi connectivity index (χ1) is 11.9. The number of esters is 1. The summed E-state index contributed by atoms with van der Waals surface area (Å²) in [7, 11) is -2.75. The van der Waals surface area contributed by atoms with Gasteiger partial charge >= 0.3 is 5.97 Å². The number of ether oxygens (including phenoxy) is 1. The molecule has 0 spiro atoms. The molecule has 0 bridgehead atoms. The molecule has 0 saturated heterocycles. The molecule has 1 aromatic heterocycles. The van der Waals surface area contributed by atoms with Crippen molar-refractivity contribution in [3.63, 3.8) is 0 Å². The van der Waals surface area contributed by atoms with E-state index < -0.39 is 16.0 Å². The number of methoxy groups -OCH3 is 1. The van der Waals surface area contributed by atoms with Crippen LogP contribution >= 0.6 is 22.6 Å². The third-order valence-corrected chi connectivity index (χ3v) is 5.45. The van der Waals surface area contributed by atoms with E-state index in [0.29, 0.717) is 5.52 Å². The molecule has 1 heterocycles. The quantitative estimate of drug-likeness (QED) is 0.466. The predicted molar refractivity (Wildman–Crippen MR) is 101 cm³/mol. The topological polar surface area (TPSA) is 98.2 Å². The van der Waals surface area contributed by atoms with Gasteiger partial charge in [-0.2, -0.15) is 0 Å². The molecular formula is C16H12IN3O4S. The Hall–Kier alpha value is -2.27. The summed E-state index contributed by atoms with van der Waals surface area (Å²) in [6.07, 6.45) is 2.91. The van der Waals surface area contributed by atoms with Gasteiger partial charge in [0.1, 0.15) is 10.4 Å². The Balaban J connectivity index is 2.11. The monoisotopic (exact) mass is 469 g/mol. The summed E-state index contributed by atoms with van der Waals surface area (Å²) >= 11 is 2.03. The Morgan fingerprint density at radius 3 is 2.68 bits per heavy atom. The molecule has 0 amide bonds. The van der Waals surface area contributed by atoms with Crippen LogP contribution in [-0.4, -0.2) is 31.5 Å². The number of nitrogens with one attached hydrogen (secondary N) is 1. The van der Waals surface area contributed by atoms with Crippen LogP contribution in [0, 0.1) is 3.57 Å². The van der Waals surface area contributed by atoms with E-state index >= 15 is 0 Å². The zero-order valence-electron chi connectivity index (χ0n) is 12.9. The molecule has 1 N–H and O–H groups in total. The van der Waals surface area contributed by atoms with Gasteiger partial charge in [-0.15, -0.1) is 0 Å². The molecule has 0 atom stereocenters. The fourth-order valence-electron chi connectivity index (χ4n) is 2.27. The largest absolute Gasteiger partial charge is 0.465 e. The van der Waals surface area contributed by atoms with E-state index in [0.717, 1.165) is 3.57 Å². The fraction of sp³-hybridized carbons (Fsp3) is 0.0625. The third-order valence-electron chi connectivity index (χ3n) is 3.38. The van der Waals surface area contributed by atoms with Gasteiger partial charge in [-0.05, 0) is 52.9 Å². The van der Waals surface area contributed by atoms with Gasteiger partial charge in [-0.25, -0.2) is 13.2 Å². The van der Waals surface area contributed by atoms with Gasteiger partial charge in [0.05, 0.1) is 23.9 Å². The Labute approximate surface area is 157 Å². The minimum atomic E-state index is -3.98. The third kappa shape index (κ3) is 3.56. The van der Waals surface area contributed by atoms with E-state index in [1.807, 2.05) is 22.6 Å². The number of benzene rings is 2. The lowest BCUT2D eigenvalue weighted by Crippen LogP contribution is -2.17. The minimum Gasteiger partial charge on any atom is -0.465 e. The second kappa shape index (κ2) is 6.92. The molecule has 0 fully saturated rings. The fourth-order valence-corrected chi connectivity index (χ4v) is 4.00. The predicted octanol–water partition coefficient (Wildman–Crippen LogP) is 2.82. The number of hydrogen-bond acceptors (Lipinski definition) is 6. The molecule has 128 valence electrons. The van der Waals surface area contributed by atoms with Crippen LogP contribution in [0.25, 0.3) is 11.0 Å². The van der Waals surface area contributed by atoms with Crippen LogP contribution < -0.4 is 4.72 Å². The van der Waals surface area contributed by atoms with E-state index in [1.165, 1.54) is 31.6 Å². The van der Waals surface area contributed by atoms with Crippen LogP contribution in [0.15, 0.2) is 53.7 Å². The Kier molecular flexibility index (Phi) is 4.86. The Morgan fingerprint density at radius 2 is 1.92 bits per heavy atom. The molecule has 3 aromatic rings. The van der Waals surface area contributed by atoms with Crippen LogP contribution in [-0.2, 0) is 14.8 Å². The van der Waals surface area contributed by atoms with Crippen LogP contribution in [0.5, 0.6) is 0 Å². The van der Waals surface area contributed by atoms with Gasteiger partial charge in [0.25, 0.3) is 10.0 Å². The number of carbonyl (C=O) groups excluding carboxylic acids is 1. The molecule has 0 radical (unpaired) electrons. The second-order valence-corrected chi connectivity index (χ2v) is 7.86. The second-order valence-electron chi connectivity index (χ2n) is 4.97. The highest BCUT2D eigenvalue weighted by atomic mass is 127. The SMILES string of the molecule is COC(=O)c1ccc(I)cc1NS(=O)(=O)c1cccc2nccnc12. The van der Waals surface area contributed by atoms with Gasteiger partial charge in [0, 0.05) is 16.0 Å². The number of halogens is 1. The first-order valence-electron chi connectivity index (χ1n) is 7.03. The van der Waals surface area contributed by atoms with E-state index in [-0.39, 0.29) is 21.7 Å². The highest BCUT2D eigenvalue weighted by molar-refractivity contribution is 14.1. The molecule has 3 rings (SSSR count). The molecule has 0 unspecified atom stereocenters. The standard InChI is InChI=1S/C16H12IN3O4S/c1-24-16(21)11-6-5-10(17)9-13(11)20-25(22,23)14-4-2-3-12-15(14)19-8-7-18-12/h2-9,20H,1H3. The van der Waals surface area contributed by atoms with Gasteiger partial charge in [0.15, 0.2) is 0 Å². The van der Waals surface area contributed by atoms with Crippen molar-refractivity contribution in [2.24, 2.45) is 0 Å². The molecule has 9 heteroatoms. The summed E-state index contributed by atoms with van der Waals surface area (Å²) in [6.45, 7) is 0. The summed E-state index contributed by atoms with van der Waals surface area (Å²) in [5.41, 5.74) is 0.974. The molecule has 7 nitrogen and oxygen atoms in total. The number of anilines is 1. The molecular weight excluding hydrogens is 457 g/mol. The highest BCUT2D eigenvalue weighted by Gasteiger charge is 2.22. The number of sulfonamides is 1. The number of carbonyl (C=O) groups is 1. The highest BCUT2D eigenvalue weighted by Crippen LogP contribution is 2.26. The average molecular weight is 469 g/mol. The van der Waals surface area contributed by atoms with Crippen molar-refractivity contribution in [1.29, 1.82) is 0 Å². The summed E-state index contributed by atoms with van der Waals surface area (Å²) in [5, 5.41) is 0. The smallest absolute Gasteiger partial charge is 0.339 e. The van der Waals surface area contributed by atoms with Crippen LogP contribution in [0.4, 0.5) is 5.69 Å². The van der Waals surface area contributed by atoms with Crippen molar-refractivity contribution in [3.8, 4) is 0 Å². The number of aromatic nitrogens is 2. The lowest BCUT2D eigenvalue weighted by molar-refractivity contribution is 0.0602. The van der Waals surface area contributed by atoms with Crippen molar-refractivity contribution < 1.29 is 17.9 Å². The zero-order valence-corrected chi connectivity index (χ0v) is 15.9. The minimum absolute atomic E-state index is 0.0206. The lowest BCUT2D eigenvalue weighted by Gasteiger charge is -2.13. The molecule has 0 aliphatic carbocycles. The van der Waals surface area contributed by atoms with Crippen LogP contribution in [0.1, 0.15) is 10.4 Å². The van der Waals surface area contributed by atoms with Crippen molar-refractivity contribution in [3.05, 3.63) is 57.9 Å². The van der Waals surface area contributed by atoms with E-state index in [9.17, 15) is 13.2 Å². The summed E-state index contributed by atoms with van der Waals surface area (Å²) in [5.74, 6) is -0.633. The molecule has 2 aromatic carbocycles. The van der Waals surface area contributed by atoms with E-state index in [4.69, 9.17) is 4.74 Å². The molecule has 0 aliphatic heterocycles. The van der Waals surface area contributed by atoms with E-state index in [1.54, 1.807) is 24.3 Å². The molecule has 0 aliphatic rings. The van der Waals surface area contributed by atoms with Gasteiger partial charge in [0.2, 0.25) is 0 Å². The van der Waals surface area contributed by atoms with Crippen molar-refractivity contribution >= 4 is 55.3 Å². The van der Waals surface area contributed by atoms with Crippen molar-refractivity contribution in [2.75, 3.05) is 11.8 Å². The van der Waals surface area contributed by atoms with Gasteiger partial charge in [-0.3, -0.25) is 14.7 Å². The maximum Gasteiger partial charge on any atom is 0.339 e. The summed E-state index contributed by atoms with van der Waals surface area (Å²) in [4.78, 5) is 20.1.